The number of nitrogens with zero attached hydrogens (tertiary/aromatic N) is 5. The smallest absolute Gasteiger partial charge is 0.204 e. The number of aromatic nitrogens is 4. The van der Waals surface area contributed by atoms with E-state index in [-0.39, 0.29) is 0 Å². The van der Waals surface area contributed by atoms with Crippen molar-refractivity contribution >= 4 is 11.3 Å². The van der Waals surface area contributed by atoms with Crippen LogP contribution in [-0.4, -0.2) is 38.2 Å². The van der Waals surface area contributed by atoms with Gasteiger partial charge in [-0.15, -0.1) is 21.5 Å². The van der Waals surface area contributed by atoms with Crippen molar-refractivity contribution in [3.05, 3.63) is 52.7 Å². The van der Waals surface area contributed by atoms with Gasteiger partial charge < -0.3 is 0 Å². The van der Waals surface area contributed by atoms with E-state index < -0.39 is 0 Å². The van der Waals surface area contributed by atoms with Crippen LogP contribution in [0.3, 0.4) is 0 Å². The summed E-state index contributed by atoms with van der Waals surface area (Å²) in [6.07, 6.45) is 3.48. The fourth-order valence-corrected chi connectivity index (χ4v) is 3.52. The highest BCUT2D eigenvalue weighted by molar-refractivity contribution is 7.09. The van der Waals surface area contributed by atoms with E-state index in [1.165, 1.54) is 17.7 Å². The van der Waals surface area contributed by atoms with Gasteiger partial charge >= 0.3 is 0 Å². The van der Waals surface area contributed by atoms with Crippen LogP contribution in [0.4, 0.5) is 0 Å². The van der Waals surface area contributed by atoms with Gasteiger partial charge in [-0.1, -0.05) is 49.7 Å². The van der Waals surface area contributed by atoms with Gasteiger partial charge in [0.2, 0.25) is 5.82 Å². The van der Waals surface area contributed by atoms with Gasteiger partial charge in [0, 0.05) is 17.0 Å². The Kier molecular flexibility index (Phi) is 6.71. The van der Waals surface area contributed by atoms with Crippen LogP contribution in [0.25, 0.3) is 11.4 Å². The van der Waals surface area contributed by atoms with Gasteiger partial charge in [-0.25, -0.2) is 0 Å². The summed E-state index contributed by atoms with van der Waals surface area (Å²) in [7, 11) is 0. The van der Waals surface area contributed by atoms with E-state index in [1.54, 1.807) is 4.80 Å². The third kappa shape index (κ3) is 5.47. The average Bonchev–Trinajstić information content (AvgIpc) is 3.33. The largest absolute Gasteiger partial charge is 0.299 e. The zero-order valence-electron chi connectivity index (χ0n) is 14.7. The van der Waals surface area contributed by atoms with E-state index in [0.29, 0.717) is 5.82 Å². The molecule has 0 aliphatic rings. The lowest BCUT2D eigenvalue weighted by molar-refractivity contribution is 0.273. The van der Waals surface area contributed by atoms with E-state index in [1.807, 2.05) is 41.7 Å². The lowest BCUT2D eigenvalue weighted by Crippen LogP contribution is -2.23. The summed E-state index contributed by atoms with van der Waals surface area (Å²) in [6, 6.07) is 14.3. The molecular formula is C19H25N5S. The molecule has 0 bridgehead atoms. The van der Waals surface area contributed by atoms with Crippen molar-refractivity contribution in [1.29, 1.82) is 0 Å². The van der Waals surface area contributed by atoms with Crippen LogP contribution in [0.15, 0.2) is 47.8 Å². The minimum Gasteiger partial charge on any atom is -0.299 e. The maximum Gasteiger partial charge on any atom is 0.204 e. The second-order valence-corrected chi connectivity index (χ2v) is 7.12. The van der Waals surface area contributed by atoms with E-state index >= 15 is 0 Å². The minimum atomic E-state index is 0.703. The third-order valence-corrected chi connectivity index (χ3v) is 5.09. The highest BCUT2D eigenvalue weighted by Crippen LogP contribution is 2.13. The molecule has 2 heterocycles. The minimum absolute atomic E-state index is 0.703. The number of hydrogen-bond donors (Lipinski definition) is 0. The molecular weight excluding hydrogens is 330 g/mol. The van der Waals surface area contributed by atoms with Crippen molar-refractivity contribution in [2.24, 2.45) is 0 Å². The van der Waals surface area contributed by atoms with Crippen LogP contribution in [0.1, 0.15) is 31.1 Å². The van der Waals surface area contributed by atoms with Crippen LogP contribution < -0.4 is 0 Å². The molecule has 132 valence electrons. The van der Waals surface area contributed by atoms with E-state index in [2.05, 4.69) is 44.7 Å². The number of hydrogen-bond acceptors (Lipinski definition) is 5. The Balaban J connectivity index is 1.36. The zero-order valence-corrected chi connectivity index (χ0v) is 15.5. The predicted molar refractivity (Wildman–Crippen MR) is 102 cm³/mol. The third-order valence-electron chi connectivity index (χ3n) is 4.22. The first kappa shape index (κ1) is 17.8. The quantitative estimate of drug-likeness (QED) is 0.514. The summed E-state index contributed by atoms with van der Waals surface area (Å²) in [5.41, 5.74) is 1.01. The molecule has 0 amide bonds. The molecule has 6 heteroatoms. The van der Waals surface area contributed by atoms with Crippen LogP contribution in [0.2, 0.25) is 0 Å². The van der Waals surface area contributed by atoms with Crippen molar-refractivity contribution in [3.63, 3.8) is 0 Å². The molecule has 0 N–H and O–H groups in total. The van der Waals surface area contributed by atoms with Crippen molar-refractivity contribution in [2.45, 2.75) is 39.3 Å². The molecule has 0 saturated carbocycles. The number of thiophene rings is 1. The maximum atomic E-state index is 4.46. The number of tetrazole rings is 1. The van der Waals surface area contributed by atoms with E-state index in [9.17, 15) is 0 Å². The molecule has 1 aromatic carbocycles. The summed E-state index contributed by atoms with van der Waals surface area (Å²) in [6.45, 7) is 6.38. The van der Waals surface area contributed by atoms with Crippen LogP contribution >= 0.6 is 11.3 Å². The molecule has 0 radical (unpaired) electrons. The topological polar surface area (TPSA) is 46.8 Å². The number of benzene rings is 1. The Labute approximate surface area is 153 Å². The first-order chi connectivity index (χ1) is 12.3. The summed E-state index contributed by atoms with van der Waals surface area (Å²) in [5.74, 6) is 0.703. The monoisotopic (exact) mass is 355 g/mol. The van der Waals surface area contributed by atoms with Gasteiger partial charge in [0.25, 0.3) is 0 Å². The highest BCUT2D eigenvalue weighted by atomic mass is 32.1. The average molecular weight is 356 g/mol. The Morgan fingerprint density at radius 3 is 2.68 bits per heavy atom. The molecule has 0 unspecified atom stereocenters. The maximum absolute atomic E-state index is 4.46. The van der Waals surface area contributed by atoms with Gasteiger partial charge in [0.1, 0.15) is 0 Å². The SMILES string of the molecule is CCN(CCCCCn1nnc(-c2ccccc2)n1)Cc1cccs1. The van der Waals surface area contributed by atoms with E-state index in [0.717, 1.165) is 38.2 Å². The van der Waals surface area contributed by atoms with Gasteiger partial charge in [0.05, 0.1) is 6.54 Å². The fraction of sp³-hybridized carbons (Fsp3) is 0.421. The standard InChI is InChI=1S/C19H25N5S/c1-2-23(16-18-12-9-15-25-18)13-7-4-8-14-24-21-19(20-22-24)17-10-5-3-6-11-17/h3,5-6,9-12,15H,2,4,7-8,13-14,16H2,1H3. The lowest BCUT2D eigenvalue weighted by atomic mass is 10.2. The molecule has 25 heavy (non-hydrogen) atoms. The fourth-order valence-electron chi connectivity index (χ4n) is 2.78. The van der Waals surface area contributed by atoms with Gasteiger partial charge in [-0.2, -0.15) is 4.80 Å². The first-order valence-corrected chi connectivity index (χ1v) is 9.81. The summed E-state index contributed by atoms with van der Waals surface area (Å²) in [4.78, 5) is 5.67. The number of rotatable bonds is 10. The molecule has 3 rings (SSSR count). The molecule has 0 spiro atoms. The zero-order chi connectivity index (χ0) is 17.3. The summed E-state index contributed by atoms with van der Waals surface area (Å²) >= 11 is 1.84. The van der Waals surface area contributed by atoms with Gasteiger partial charge in [0.15, 0.2) is 0 Å². The van der Waals surface area contributed by atoms with Gasteiger partial charge in [-0.3, -0.25) is 4.90 Å². The predicted octanol–water partition coefficient (Wildman–Crippen LogP) is 4.09. The lowest BCUT2D eigenvalue weighted by Gasteiger charge is -2.19. The van der Waals surface area contributed by atoms with Crippen molar-refractivity contribution < 1.29 is 0 Å². The number of unbranched alkanes of at least 4 members (excludes halogenated alkanes) is 2. The Morgan fingerprint density at radius 2 is 1.92 bits per heavy atom. The highest BCUT2D eigenvalue weighted by Gasteiger charge is 2.06. The molecule has 0 fully saturated rings. The number of aryl methyl sites for hydroxylation is 1. The van der Waals surface area contributed by atoms with Crippen LogP contribution in [0, 0.1) is 0 Å². The molecule has 0 saturated heterocycles. The van der Waals surface area contributed by atoms with E-state index in [4.69, 9.17) is 0 Å². The molecule has 3 aromatic rings. The second kappa shape index (κ2) is 9.44. The summed E-state index contributed by atoms with van der Waals surface area (Å²) in [5, 5.41) is 14.9. The Bertz CT molecular complexity index is 723. The summed E-state index contributed by atoms with van der Waals surface area (Å²) < 4.78 is 0. The first-order valence-electron chi connectivity index (χ1n) is 8.93. The Hall–Kier alpha value is -2.05. The normalized spacial score (nSPS) is 11.3. The van der Waals surface area contributed by atoms with Gasteiger partial charge in [-0.05, 0) is 42.6 Å². The molecule has 2 aromatic heterocycles. The second-order valence-electron chi connectivity index (χ2n) is 6.08. The molecule has 0 aliphatic heterocycles. The molecule has 0 atom stereocenters. The Morgan fingerprint density at radius 1 is 1.04 bits per heavy atom. The van der Waals surface area contributed by atoms with Crippen molar-refractivity contribution in [3.8, 4) is 11.4 Å². The van der Waals surface area contributed by atoms with Crippen LogP contribution in [0.5, 0.6) is 0 Å². The molecule has 0 aliphatic carbocycles. The van der Waals surface area contributed by atoms with Crippen LogP contribution in [-0.2, 0) is 13.1 Å². The molecule has 5 nitrogen and oxygen atoms in total. The van der Waals surface area contributed by atoms with Crippen molar-refractivity contribution in [1.82, 2.24) is 25.1 Å². The van der Waals surface area contributed by atoms with Crippen molar-refractivity contribution in [2.75, 3.05) is 13.1 Å².